The number of nitrogens with one attached hydrogen (secondary N) is 1. The fourth-order valence-corrected chi connectivity index (χ4v) is 2.17. The molecule has 0 saturated carbocycles. The average molecular weight is 248 g/mol. The highest BCUT2D eigenvalue weighted by atomic mass is 16.5. The van der Waals surface area contributed by atoms with Crippen molar-refractivity contribution < 1.29 is 4.74 Å². The van der Waals surface area contributed by atoms with E-state index >= 15 is 0 Å². The van der Waals surface area contributed by atoms with Crippen molar-refractivity contribution in [2.24, 2.45) is 5.73 Å². The minimum Gasteiger partial charge on any atom is -0.351 e. The van der Waals surface area contributed by atoms with Crippen molar-refractivity contribution in [1.29, 1.82) is 0 Å². The van der Waals surface area contributed by atoms with Crippen molar-refractivity contribution in [3.63, 3.8) is 0 Å². The number of nitrogens with two attached hydrogens (primary N) is 1. The third-order valence-corrected chi connectivity index (χ3v) is 3.16. The van der Waals surface area contributed by atoms with Crippen molar-refractivity contribution in [1.82, 2.24) is 24.8 Å². The molecule has 1 aliphatic heterocycles. The van der Waals surface area contributed by atoms with Crippen LogP contribution in [0.4, 0.5) is 0 Å². The predicted molar refractivity (Wildman–Crippen MR) is 65.9 cm³/mol. The maximum Gasteiger partial charge on any atom is 0.165 e. The van der Waals surface area contributed by atoms with Crippen LogP contribution in [0.1, 0.15) is 11.9 Å². The second-order valence-electron chi connectivity index (χ2n) is 4.39. The molecule has 2 atom stereocenters. The average Bonchev–Trinajstić information content (AvgIpc) is 2.84. The number of fused-ring (bicyclic) bond motifs is 1. The molecule has 2 aromatic heterocycles. The summed E-state index contributed by atoms with van der Waals surface area (Å²) in [5.41, 5.74) is 8.13. The van der Waals surface area contributed by atoms with Gasteiger partial charge in [-0.3, -0.25) is 4.57 Å². The lowest BCUT2D eigenvalue weighted by Gasteiger charge is -2.30. The lowest BCUT2D eigenvalue weighted by molar-refractivity contribution is -0.0704. The van der Waals surface area contributed by atoms with Crippen LogP contribution >= 0.6 is 0 Å². The molecule has 1 saturated heterocycles. The lowest BCUT2D eigenvalue weighted by atomic mass is 10.3. The first kappa shape index (κ1) is 11.5. The molecular weight excluding hydrogens is 232 g/mol. The lowest BCUT2D eigenvalue weighted by Crippen LogP contribution is -2.45. The Morgan fingerprint density at radius 2 is 2.33 bits per heavy atom. The topological polar surface area (TPSA) is 90.9 Å². The zero-order valence-electron chi connectivity index (χ0n) is 10.2. The van der Waals surface area contributed by atoms with Gasteiger partial charge in [-0.2, -0.15) is 0 Å². The largest absolute Gasteiger partial charge is 0.351 e. The second kappa shape index (κ2) is 4.60. The first-order valence-corrected chi connectivity index (χ1v) is 6.00. The molecular formula is C11H16N6O. The van der Waals surface area contributed by atoms with Crippen LogP contribution in [0, 0.1) is 6.92 Å². The van der Waals surface area contributed by atoms with Gasteiger partial charge in [0.15, 0.2) is 5.65 Å². The second-order valence-corrected chi connectivity index (χ2v) is 4.39. The number of hydrogen-bond donors (Lipinski definition) is 2. The third kappa shape index (κ3) is 1.86. The van der Waals surface area contributed by atoms with Gasteiger partial charge in [-0.1, -0.05) is 0 Å². The molecule has 7 heteroatoms. The molecule has 1 fully saturated rings. The molecule has 0 radical (unpaired) electrons. The summed E-state index contributed by atoms with van der Waals surface area (Å²) in [4.78, 5) is 12.8. The van der Waals surface area contributed by atoms with Gasteiger partial charge in [0.05, 0.1) is 18.1 Å². The summed E-state index contributed by atoms with van der Waals surface area (Å²) in [7, 11) is 0. The zero-order valence-corrected chi connectivity index (χ0v) is 10.2. The van der Waals surface area contributed by atoms with Crippen molar-refractivity contribution in [3.8, 4) is 0 Å². The number of imidazole rings is 1. The Hall–Kier alpha value is -1.57. The summed E-state index contributed by atoms with van der Waals surface area (Å²) < 4.78 is 7.83. The molecule has 3 N–H and O–H groups in total. The van der Waals surface area contributed by atoms with E-state index in [1.165, 1.54) is 0 Å². The summed E-state index contributed by atoms with van der Waals surface area (Å²) in [5, 5.41) is 3.31. The first-order valence-electron chi connectivity index (χ1n) is 6.00. The van der Waals surface area contributed by atoms with Crippen molar-refractivity contribution in [2.45, 2.75) is 19.3 Å². The number of rotatable bonds is 2. The smallest absolute Gasteiger partial charge is 0.165 e. The maximum absolute atomic E-state index is 5.90. The predicted octanol–water partition coefficient (Wildman–Crippen LogP) is -0.420. The molecule has 3 heterocycles. The number of aromatic nitrogens is 4. The molecule has 2 unspecified atom stereocenters. The molecule has 96 valence electrons. The van der Waals surface area contributed by atoms with E-state index in [0.29, 0.717) is 6.54 Å². The van der Waals surface area contributed by atoms with Crippen molar-refractivity contribution in [2.75, 3.05) is 19.6 Å². The Kier molecular flexibility index (Phi) is 2.94. The third-order valence-electron chi connectivity index (χ3n) is 3.16. The fourth-order valence-electron chi connectivity index (χ4n) is 2.17. The summed E-state index contributed by atoms with van der Waals surface area (Å²) in [6.07, 6.45) is 3.21. The van der Waals surface area contributed by atoms with E-state index in [2.05, 4.69) is 20.3 Å². The molecule has 18 heavy (non-hydrogen) atoms. The monoisotopic (exact) mass is 248 g/mol. The van der Waals surface area contributed by atoms with Crippen LogP contribution in [0.25, 0.3) is 11.2 Å². The fraction of sp³-hybridized carbons (Fsp3) is 0.545. The molecule has 0 bridgehead atoms. The Bertz CT molecular complexity index is 553. The normalized spacial score (nSPS) is 24.6. The highest BCUT2D eigenvalue weighted by Gasteiger charge is 2.24. The van der Waals surface area contributed by atoms with Gasteiger partial charge in [-0.05, 0) is 6.92 Å². The van der Waals surface area contributed by atoms with Crippen LogP contribution in [0.2, 0.25) is 0 Å². The van der Waals surface area contributed by atoms with Gasteiger partial charge < -0.3 is 15.8 Å². The molecule has 3 rings (SSSR count). The summed E-state index contributed by atoms with van der Waals surface area (Å²) >= 11 is 0. The standard InChI is InChI=1S/C11H16N6O/c1-7-10-11(15-5-14-7)17(6-16-10)9-4-13-3-8(2-12)18-9/h5-6,8-9,13H,2-4,12H2,1H3. The van der Waals surface area contributed by atoms with E-state index in [-0.39, 0.29) is 12.3 Å². The van der Waals surface area contributed by atoms with Crippen LogP contribution in [-0.2, 0) is 4.74 Å². The van der Waals surface area contributed by atoms with Crippen LogP contribution in [0.15, 0.2) is 12.7 Å². The number of aryl methyl sites for hydroxylation is 1. The first-order chi connectivity index (χ1) is 8.79. The Balaban J connectivity index is 1.96. The SMILES string of the molecule is Cc1ncnc2c1ncn2C1CNCC(CN)O1. The van der Waals surface area contributed by atoms with E-state index in [9.17, 15) is 0 Å². The van der Waals surface area contributed by atoms with Crippen LogP contribution < -0.4 is 11.1 Å². The number of hydrogen-bond acceptors (Lipinski definition) is 6. The summed E-state index contributed by atoms with van der Waals surface area (Å²) in [6.45, 7) is 3.94. The minimum absolute atomic E-state index is 0.0316. The summed E-state index contributed by atoms with van der Waals surface area (Å²) in [5.74, 6) is 0. The van der Waals surface area contributed by atoms with E-state index in [1.807, 2.05) is 11.5 Å². The molecule has 0 aromatic carbocycles. The zero-order chi connectivity index (χ0) is 12.5. The summed E-state index contributed by atoms with van der Waals surface area (Å²) in [6, 6.07) is 0. The van der Waals surface area contributed by atoms with Crippen molar-refractivity contribution in [3.05, 3.63) is 18.3 Å². The van der Waals surface area contributed by atoms with E-state index in [1.54, 1.807) is 12.7 Å². The van der Waals surface area contributed by atoms with Gasteiger partial charge in [0.2, 0.25) is 0 Å². The van der Waals surface area contributed by atoms with E-state index in [0.717, 1.165) is 29.9 Å². The molecule has 0 aliphatic carbocycles. The molecule has 1 aliphatic rings. The Labute approximate surface area is 104 Å². The van der Waals surface area contributed by atoms with E-state index in [4.69, 9.17) is 10.5 Å². The molecule has 0 amide bonds. The molecule has 7 nitrogen and oxygen atoms in total. The number of morpholine rings is 1. The number of nitrogens with zero attached hydrogens (tertiary/aromatic N) is 4. The Morgan fingerprint density at radius 3 is 3.17 bits per heavy atom. The van der Waals surface area contributed by atoms with Gasteiger partial charge >= 0.3 is 0 Å². The minimum atomic E-state index is -0.119. The van der Waals surface area contributed by atoms with Gasteiger partial charge in [-0.15, -0.1) is 0 Å². The van der Waals surface area contributed by atoms with E-state index < -0.39 is 0 Å². The van der Waals surface area contributed by atoms with Crippen molar-refractivity contribution >= 4 is 11.2 Å². The van der Waals surface area contributed by atoms with Gasteiger partial charge in [0.25, 0.3) is 0 Å². The molecule has 0 spiro atoms. The molecule has 2 aromatic rings. The Morgan fingerprint density at radius 1 is 1.44 bits per heavy atom. The highest BCUT2D eigenvalue weighted by Crippen LogP contribution is 2.20. The maximum atomic E-state index is 5.90. The van der Waals surface area contributed by atoms with Crippen LogP contribution in [-0.4, -0.2) is 45.3 Å². The van der Waals surface area contributed by atoms with Crippen LogP contribution in [0.3, 0.4) is 0 Å². The van der Waals surface area contributed by atoms with Gasteiger partial charge in [-0.25, -0.2) is 15.0 Å². The van der Waals surface area contributed by atoms with Gasteiger partial charge in [0, 0.05) is 19.6 Å². The number of ether oxygens (including phenoxy) is 1. The van der Waals surface area contributed by atoms with Gasteiger partial charge in [0.1, 0.15) is 18.1 Å². The van der Waals surface area contributed by atoms with Crippen LogP contribution in [0.5, 0.6) is 0 Å². The quantitative estimate of drug-likeness (QED) is 0.750. The highest BCUT2D eigenvalue weighted by molar-refractivity contribution is 5.72.